The minimum absolute atomic E-state index is 0.0142. The zero-order valence-electron chi connectivity index (χ0n) is 20.5. The van der Waals surface area contributed by atoms with E-state index in [1.807, 2.05) is 116 Å². The second-order valence-corrected chi connectivity index (χ2v) is 11.9. The Hall–Kier alpha value is -3.47. The molecule has 1 aliphatic carbocycles. The molecule has 0 radical (unpaired) electrons. The number of hydrogen-bond donors (Lipinski definition) is 2. The van der Waals surface area contributed by atoms with Crippen LogP contribution in [0, 0.1) is 18.8 Å². The van der Waals surface area contributed by atoms with E-state index >= 15 is 0 Å². The number of carbonyl (C=O) groups is 1. The van der Waals surface area contributed by atoms with E-state index in [1.54, 1.807) is 0 Å². The van der Waals surface area contributed by atoms with Gasteiger partial charge in [-0.1, -0.05) is 66.7 Å². The molecule has 0 spiro atoms. The molecule has 0 bridgehead atoms. The highest BCUT2D eigenvalue weighted by Gasteiger charge is 2.50. The fourth-order valence-corrected chi connectivity index (χ4v) is 7.27. The molecule has 36 heavy (non-hydrogen) atoms. The van der Waals surface area contributed by atoms with E-state index in [9.17, 15) is 9.36 Å². The monoisotopic (exact) mass is 498 g/mol. The highest BCUT2D eigenvalue weighted by Crippen LogP contribution is 2.52. The lowest BCUT2D eigenvalue weighted by Gasteiger charge is -2.28. The van der Waals surface area contributed by atoms with E-state index in [-0.39, 0.29) is 23.8 Å². The molecule has 6 nitrogen and oxygen atoms in total. The quantitative estimate of drug-likeness (QED) is 0.339. The van der Waals surface area contributed by atoms with Crippen LogP contribution in [0.15, 0.2) is 97.1 Å². The summed E-state index contributed by atoms with van der Waals surface area (Å²) in [6.45, 7) is 2.39. The highest BCUT2D eigenvalue weighted by atomic mass is 31.2. The van der Waals surface area contributed by atoms with Gasteiger partial charge in [0.2, 0.25) is 13.2 Å². The van der Waals surface area contributed by atoms with Crippen LogP contribution in [0.4, 0.5) is 0 Å². The van der Waals surface area contributed by atoms with Crippen molar-refractivity contribution in [3.63, 3.8) is 0 Å². The van der Waals surface area contributed by atoms with Gasteiger partial charge in [-0.3, -0.25) is 19.1 Å². The smallest absolute Gasteiger partial charge is 0.223 e. The summed E-state index contributed by atoms with van der Waals surface area (Å²) >= 11 is 0. The van der Waals surface area contributed by atoms with Crippen molar-refractivity contribution in [2.45, 2.75) is 25.9 Å². The summed E-state index contributed by atoms with van der Waals surface area (Å²) < 4.78 is 16.5. The molecule has 7 heteroatoms. The molecule has 4 aromatic rings. The molecule has 1 fully saturated rings. The second-order valence-electron chi connectivity index (χ2n) is 9.42. The normalized spacial score (nSPS) is 17.9. The lowest BCUT2D eigenvalue weighted by Crippen LogP contribution is -2.33. The average Bonchev–Trinajstić information content (AvgIpc) is 3.65. The Kier molecular flexibility index (Phi) is 6.90. The summed E-state index contributed by atoms with van der Waals surface area (Å²) in [7, 11) is -1.28. The van der Waals surface area contributed by atoms with Crippen LogP contribution in [0.5, 0.6) is 0 Å². The van der Waals surface area contributed by atoms with Crippen molar-refractivity contribution >= 4 is 23.8 Å². The van der Waals surface area contributed by atoms with E-state index in [0.717, 1.165) is 34.0 Å². The van der Waals surface area contributed by atoms with Crippen LogP contribution in [-0.2, 0) is 23.0 Å². The van der Waals surface area contributed by atoms with Crippen molar-refractivity contribution in [3.05, 3.63) is 114 Å². The number of nitrogens with one attached hydrogen (secondary N) is 2. The zero-order chi connectivity index (χ0) is 25.1. The Bertz CT molecular complexity index is 1310. The van der Waals surface area contributed by atoms with Crippen molar-refractivity contribution < 1.29 is 9.36 Å². The molecule has 0 unspecified atom stereocenters. The van der Waals surface area contributed by atoms with Crippen LogP contribution in [0.25, 0.3) is 0 Å². The summed E-state index contributed by atoms with van der Waals surface area (Å²) in [6, 6.07) is 30.9. The molecule has 2 N–H and O–H groups in total. The summed E-state index contributed by atoms with van der Waals surface area (Å²) in [5, 5.41) is 12.6. The summed E-state index contributed by atoms with van der Waals surface area (Å²) in [6.07, 6.45) is 0.739. The molecule has 1 saturated carbocycles. The van der Waals surface area contributed by atoms with Crippen LogP contribution >= 0.6 is 7.29 Å². The van der Waals surface area contributed by atoms with Crippen LogP contribution < -0.4 is 21.0 Å². The molecule has 1 heterocycles. The highest BCUT2D eigenvalue weighted by molar-refractivity contribution is 7.76. The first-order valence-corrected chi connectivity index (χ1v) is 14.0. The van der Waals surface area contributed by atoms with E-state index in [0.29, 0.717) is 6.54 Å². The van der Waals surface area contributed by atoms with Crippen LogP contribution in [0.2, 0.25) is 0 Å². The van der Waals surface area contributed by atoms with Crippen LogP contribution in [0.3, 0.4) is 0 Å². The Morgan fingerprint density at radius 1 is 0.972 bits per heavy atom. The number of hydrogen-bond acceptors (Lipinski definition) is 3. The predicted molar refractivity (Wildman–Crippen MR) is 143 cm³/mol. The van der Waals surface area contributed by atoms with Gasteiger partial charge in [0.25, 0.3) is 0 Å². The molecule has 184 valence electrons. The molecule has 3 atom stereocenters. The largest absolute Gasteiger partial charge is 0.350 e. The summed E-state index contributed by atoms with van der Waals surface area (Å²) in [5.74, 6) is -0.0913. The Labute approximate surface area is 212 Å². The Morgan fingerprint density at radius 3 is 2.06 bits per heavy atom. The number of aromatic nitrogens is 2. The fraction of sp³-hybridized carbons (Fsp3) is 0.241. The molecule has 5 rings (SSSR count). The summed E-state index contributed by atoms with van der Waals surface area (Å²) in [4.78, 5) is 13.1. The third kappa shape index (κ3) is 5.06. The zero-order valence-corrected chi connectivity index (χ0v) is 21.4. The van der Waals surface area contributed by atoms with Gasteiger partial charge in [-0.25, -0.2) is 0 Å². The van der Waals surface area contributed by atoms with Crippen molar-refractivity contribution in [2.24, 2.45) is 18.9 Å². The predicted octanol–water partition coefficient (Wildman–Crippen LogP) is 4.24. The van der Waals surface area contributed by atoms with Gasteiger partial charge in [-0.05, 0) is 55.2 Å². The molecule has 0 aliphatic heterocycles. The minimum atomic E-state index is -3.18. The number of amides is 1. The maximum atomic E-state index is 14.7. The molecule has 3 aromatic carbocycles. The van der Waals surface area contributed by atoms with Gasteiger partial charge < -0.3 is 5.32 Å². The lowest BCUT2D eigenvalue weighted by molar-refractivity contribution is -0.122. The third-order valence-corrected chi connectivity index (χ3v) is 9.62. The van der Waals surface area contributed by atoms with E-state index < -0.39 is 7.29 Å². The van der Waals surface area contributed by atoms with E-state index in [4.69, 9.17) is 0 Å². The number of carbonyl (C=O) groups excluding carboxylic acids is 1. The van der Waals surface area contributed by atoms with Crippen molar-refractivity contribution in [3.8, 4) is 0 Å². The topological polar surface area (TPSA) is 76.0 Å². The summed E-state index contributed by atoms with van der Waals surface area (Å²) in [5.41, 5.74) is 2.93. The number of rotatable bonds is 9. The van der Waals surface area contributed by atoms with Gasteiger partial charge in [0.05, 0.1) is 12.2 Å². The minimum Gasteiger partial charge on any atom is -0.350 e. The van der Waals surface area contributed by atoms with Gasteiger partial charge in [0, 0.05) is 35.3 Å². The van der Waals surface area contributed by atoms with Gasteiger partial charge in [-0.15, -0.1) is 0 Å². The van der Waals surface area contributed by atoms with Crippen molar-refractivity contribution in [1.82, 2.24) is 20.2 Å². The number of aryl methyl sites for hydroxylation is 2. The molecule has 1 aromatic heterocycles. The first kappa shape index (κ1) is 24.2. The molecule has 1 aliphatic rings. The van der Waals surface area contributed by atoms with Gasteiger partial charge in [0.15, 0.2) is 0 Å². The Balaban J connectivity index is 1.40. The SMILES string of the molecule is Cc1cc(CNC(=O)[C@@H]2C[C@@H]2[C@@H](NP(=O)(c2ccccc2)c2ccccc2)c2ccccc2)nn1C. The first-order valence-electron chi connectivity index (χ1n) is 12.3. The second kappa shape index (κ2) is 10.3. The number of nitrogens with zero attached hydrogens (tertiary/aromatic N) is 2. The van der Waals surface area contributed by atoms with E-state index in [1.165, 1.54) is 0 Å². The van der Waals surface area contributed by atoms with E-state index in [2.05, 4.69) is 15.5 Å². The standard InChI is InChI=1S/C29H31N4O2P/c1-21-18-23(31-33(21)2)20-30-29(34)27-19-26(27)28(22-12-6-3-7-13-22)32-36(35,24-14-8-4-9-15-24)25-16-10-5-11-17-25/h3-18,26-28H,19-20H2,1-2H3,(H,30,34)(H,32,35)/t26-,27+,28-/m0/s1. The van der Waals surface area contributed by atoms with Crippen LogP contribution in [-0.4, -0.2) is 15.7 Å². The molecule has 1 amide bonds. The first-order chi connectivity index (χ1) is 17.5. The third-order valence-electron chi connectivity index (χ3n) is 6.93. The Morgan fingerprint density at radius 2 is 1.53 bits per heavy atom. The maximum Gasteiger partial charge on any atom is 0.223 e. The van der Waals surface area contributed by atoms with Crippen molar-refractivity contribution in [2.75, 3.05) is 0 Å². The lowest BCUT2D eigenvalue weighted by atomic mass is 10.0. The molecular formula is C29H31N4O2P. The fourth-order valence-electron chi connectivity index (χ4n) is 4.76. The maximum absolute atomic E-state index is 14.7. The molecule has 0 saturated heterocycles. The van der Waals surface area contributed by atoms with Gasteiger partial charge in [0.1, 0.15) is 0 Å². The molecular weight excluding hydrogens is 467 g/mol. The average molecular weight is 499 g/mol. The number of benzene rings is 3. The van der Waals surface area contributed by atoms with Gasteiger partial charge in [-0.2, -0.15) is 5.10 Å². The van der Waals surface area contributed by atoms with Crippen molar-refractivity contribution in [1.29, 1.82) is 0 Å². The van der Waals surface area contributed by atoms with Crippen LogP contribution in [0.1, 0.15) is 29.4 Å². The van der Waals surface area contributed by atoms with Gasteiger partial charge >= 0.3 is 0 Å².